The van der Waals surface area contributed by atoms with Crippen LogP contribution in [-0.4, -0.2) is 35.3 Å². The smallest absolute Gasteiger partial charge is 0.263 e. The third kappa shape index (κ3) is 3.54. The Morgan fingerprint density at radius 3 is 3.09 bits per heavy atom. The number of aliphatic hydroxyl groups is 1. The van der Waals surface area contributed by atoms with Gasteiger partial charge >= 0.3 is 0 Å². The molecule has 1 unspecified atom stereocenters. The molecule has 23 heavy (non-hydrogen) atoms. The molecule has 0 spiro atoms. The molecule has 1 aromatic heterocycles. The Balaban J connectivity index is 1.69. The van der Waals surface area contributed by atoms with E-state index in [1.807, 2.05) is 26.0 Å². The van der Waals surface area contributed by atoms with Gasteiger partial charge in [0.1, 0.15) is 15.6 Å². The van der Waals surface area contributed by atoms with Crippen molar-refractivity contribution in [1.82, 2.24) is 10.3 Å². The zero-order valence-electron chi connectivity index (χ0n) is 13.2. The van der Waals surface area contributed by atoms with Gasteiger partial charge in [-0.3, -0.25) is 4.79 Å². The summed E-state index contributed by atoms with van der Waals surface area (Å²) in [6.45, 7) is 4.81. The Bertz CT molecular complexity index is 712. The lowest BCUT2D eigenvalue weighted by molar-refractivity contribution is 0.0875. The third-order valence-electron chi connectivity index (χ3n) is 3.91. The van der Waals surface area contributed by atoms with Crippen molar-refractivity contribution in [2.75, 3.05) is 13.2 Å². The first-order valence-electron chi connectivity index (χ1n) is 7.73. The number of nitrogens with one attached hydrogen (secondary N) is 1. The lowest BCUT2D eigenvalue weighted by Crippen LogP contribution is -2.34. The summed E-state index contributed by atoms with van der Waals surface area (Å²) < 4.78 is 5.50. The van der Waals surface area contributed by atoms with Gasteiger partial charge in [-0.1, -0.05) is 13.8 Å². The average Bonchev–Trinajstić information content (AvgIpc) is 3.19. The predicted octanol–water partition coefficient (Wildman–Crippen LogP) is 2.49. The van der Waals surface area contributed by atoms with Crippen LogP contribution in [0.25, 0.3) is 10.6 Å². The summed E-state index contributed by atoms with van der Waals surface area (Å²) in [5.41, 5.74) is 2.18. The van der Waals surface area contributed by atoms with Crippen molar-refractivity contribution in [1.29, 1.82) is 0 Å². The summed E-state index contributed by atoms with van der Waals surface area (Å²) in [6, 6.07) is 6.00. The Morgan fingerprint density at radius 1 is 1.48 bits per heavy atom. The molecule has 5 nitrogen and oxygen atoms in total. The van der Waals surface area contributed by atoms with Gasteiger partial charge in [-0.2, -0.15) is 0 Å². The molecule has 1 aliphatic heterocycles. The van der Waals surface area contributed by atoms with Gasteiger partial charge in [0.25, 0.3) is 5.91 Å². The maximum atomic E-state index is 12.1. The van der Waals surface area contributed by atoms with E-state index in [2.05, 4.69) is 16.4 Å². The summed E-state index contributed by atoms with van der Waals surface area (Å²) in [5.74, 6) is 0.852. The van der Waals surface area contributed by atoms with Crippen LogP contribution in [0, 0.1) is 5.92 Å². The number of thiazole rings is 1. The van der Waals surface area contributed by atoms with Crippen LogP contribution in [0.4, 0.5) is 0 Å². The molecule has 0 saturated heterocycles. The molecule has 2 aromatic rings. The van der Waals surface area contributed by atoms with Crippen LogP contribution >= 0.6 is 11.3 Å². The molecule has 0 fully saturated rings. The molecule has 3 rings (SSSR count). The second-order valence-corrected chi connectivity index (χ2v) is 7.00. The van der Waals surface area contributed by atoms with Gasteiger partial charge in [0, 0.05) is 18.5 Å². The third-order valence-corrected chi connectivity index (χ3v) is 4.95. The number of aromatic nitrogens is 1. The van der Waals surface area contributed by atoms with Gasteiger partial charge in [-0.05, 0) is 29.7 Å². The van der Waals surface area contributed by atoms with E-state index in [1.54, 1.807) is 6.20 Å². The highest BCUT2D eigenvalue weighted by Gasteiger charge is 2.17. The number of ether oxygens (including phenoxy) is 1. The van der Waals surface area contributed by atoms with Gasteiger partial charge in [0.2, 0.25) is 0 Å². The predicted molar refractivity (Wildman–Crippen MR) is 89.9 cm³/mol. The maximum absolute atomic E-state index is 12.1. The van der Waals surface area contributed by atoms with Crippen LogP contribution in [0.2, 0.25) is 0 Å². The van der Waals surface area contributed by atoms with Crippen LogP contribution < -0.4 is 10.1 Å². The van der Waals surface area contributed by atoms with E-state index < -0.39 is 6.10 Å². The molecule has 1 aliphatic rings. The van der Waals surface area contributed by atoms with E-state index >= 15 is 0 Å². The number of hydrogen-bond acceptors (Lipinski definition) is 5. The number of carbonyl (C=O) groups is 1. The molecule has 0 aliphatic carbocycles. The van der Waals surface area contributed by atoms with E-state index in [-0.39, 0.29) is 18.4 Å². The summed E-state index contributed by atoms with van der Waals surface area (Å²) in [4.78, 5) is 17.0. The minimum Gasteiger partial charge on any atom is -0.493 e. The fourth-order valence-corrected chi connectivity index (χ4v) is 3.18. The Morgan fingerprint density at radius 2 is 2.30 bits per heavy atom. The molecule has 1 atom stereocenters. The number of hydrogen-bond donors (Lipinski definition) is 2. The van der Waals surface area contributed by atoms with Gasteiger partial charge in [-0.15, -0.1) is 11.3 Å². The number of nitrogens with zero attached hydrogens (tertiary/aromatic N) is 1. The Labute approximate surface area is 139 Å². The zero-order valence-corrected chi connectivity index (χ0v) is 14.0. The molecule has 122 valence electrons. The lowest BCUT2D eigenvalue weighted by Gasteiger charge is -2.14. The SMILES string of the molecule is CC(C)C(O)CNC(=O)c1cnc(-c2ccc3c(c2)CCO3)s1. The van der Waals surface area contributed by atoms with Gasteiger partial charge in [0.15, 0.2) is 0 Å². The number of rotatable bonds is 5. The molecular formula is C17H20N2O3S. The monoisotopic (exact) mass is 332 g/mol. The van der Waals surface area contributed by atoms with Gasteiger partial charge < -0.3 is 15.2 Å². The van der Waals surface area contributed by atoms with Crippen molar-refractivity contribution in [2.45, 2.75) is 26.4 Å². The van der Waals surface area contributed by atoms with Crippen LogP contribution in [0.1, 0.15) is 29.1 Å². The van der Waals surface area contributed by atoms with Crippen molar-refractivity contribution < 1.29 is 14.6 Å². The zero-order chi connectivity index (χ0) is 16.4. The summed E-state index contributed by atoms with van der Waals surface area (Å²) in [5, 5.41) is 13.3. The van der Waals surface area contributed by atoms with Crippen molar-refractivity contribution >= 4 is 17.2 Å². The number of fused-ring (bicyclic) bond motifs is 1. The number of benzene rings is 1. The second kappa shape index (κ2) is 6.68. The molecule has 0 radical (unpaired) electrons. The lowest BCUT2D eigenvalue weighted by atomic mass is 10.1. The van der Waals surface area contributed by atoms with Crippen molar-refractivity contribution in [3.05, 3.63) is 34.8 Å². The minimum absolute atomic E-state index is 0.112. The molecule has 1 aromatic carbocycles. The molecular weight excluding hydrogens is 312 g/mol. The van der Waals surface area contributed by atoms with Crippen molar-refractivity contribution in [3.63, 3.8) is 0 Å². The van der Waals surface area contributed by atoms with E-state index in [0.717, 1.165) is 29.3 Å². The molecule has 0 saturated carbocycles. The van der Waals surface area contributed by atoms with E-state index in [0.29, 0.717) is 4.88 Å². The first-order valence-corrected chi connectivity index (χ1v) is 8.54. The highest BCUT2D eigenvalue weighted by Crippen LogP contribution is 2.32. The maximum Gasteiger partial charge on any atom is 0.263 e. The Hall–Kier alpha value is -1.92. The molecule has 1 amide bonds. The Kier molecular flexibility index (Phi) is 4.63. The standard InChI is InChI=1S/C17H20N2O3S/c1-10(2)13(20)8-18-16(21)15-9-19-17(23-15)12-3-4-14-11(7-12)5-6-22-14/h3-4,7,9-10,13,20H,5-6,8H2,1-2H3,(H,18,21). The normalized spacial score (nSPS) is 14.4. The number of aliphatic hydroxyl groups excluding tert-OH is 1. The van der Waals surface area contributed by atoms with Gasteiger partial charge in [0.05, 0.1) is 18.9 Å². The fourth-order valence-electron chi connectivity index (χ4n) is 2.35. The molecule has 6 heteroatoms. The summed E-state index contributed by atoms with van der Waals surface area (Å²) in [7, 11) is 0. The topological polar surface area (TPSA) is 71.5 Å². The molecule has 0 bridgehead atoms. The highest BCUT2D eigenvalue weighted by atomic mass is 32.1. The van der Waals surface area contributed by atoms with E-state index in [1.165, 1.54) is 16.9 Å². The van der Waals surface area contributed by atoms with Crippen LogP contribution in [0.5, 0.6) is 5.75 Å². The van der Waals surface area contributed by atoms with Crippen LogP contribution in [0.3, 0.4) is 0 Å². The highest BCUT2D eigenvalue weighted by molar-refractivity contribution is 7.16. The van der Waals surface area contributed by atoms with Crippen LogP contribution in [-0.2, 0) is 6.42 Å². The summed E-state index contributed by atoms with van der Waals surface area (Å²) in [6.07, 6.45) is 1.96. The first-order chi connectivity index (χ1) is 11.0. The fraction of sp³-hybridized carbons (Fsp3) is 0.412. The van der Waals surface area contributed by atoms with Crippen molar-refractivity contribution in [2.24, 2.45) is 5.92 Å². The van der Waals surface area contributed by atoms with Crippen molar-refractivity contribution in [3.8, 4) is 16.3 Å². The van der Waals surface area contributed by atoms with E-state index in [9.17, 15) is 9.90 Å². The largest absolute Gasteiger partial charge is 0.493 e. The number of amides is 1. The van der Waals surface area contributed by atoms with Gasteiger partial charge in [-0.25, -0.2) is 4.98 Å². The number of carbonyl (C=O) groups excluding carboxylic acids is 1. The molecule has 2 heterocycles. The average molecular weight is 332 g/mol. The second-order valence-electron chi connectivity index (χ2n) is 5.97. The van der Waals surface area contributed by atoms with Crippen LogP contribution in [0.15, 0.2) is 24.4 Å². The van der Waals surface area contributed by atoms with E-state index in [4.69, 9.17) is 4.74 Å². The quantitative estimate of drug-likeness (QED) is 0.882. The molecule has 2 N–H and O–H groups in total. The first kappa shape index (κ1) is 16.0. The summed E-state index contributed by atoms with van der Waals surface area (Å²) >= 11 is 1.35. The minimum atomic E-state index is -0.539.